The molecule has 0 aliphatic heterocycles. The number of nitrogens with two attached hydrogens (primary N) is 4. The third-order valence-corrected chi connectivity index (χ3v) is 6.54. The maximum Gasteiger partial charge on any atom is 0.326 e. The highest BCUT2D eigenvalue weighted by Gasteiger charge is 2.28. The van der Waals surface area contributed by atoms with Gasteiger partial charge in [0.15, 0.2) is 0 Å². The lowest BCUT2D eigenvalue weighted by molar-refractivity contribution is -0.142. The summed E-state index contributed by atoms with van der Waals surface area (Å²) in [5.41, 5.74) is 22.9. The molecule has 0 saturated carbocycles. The first-order valence-electron chi connectivity index (χ1n) is 14.4. The fourth-order valence-electron chi connectivity index (χ4n) is 4.09. The lowest BCUT2D eigenvalue weighted by Crippen LogP contribution is -2.55. The van der Waals surface area contributed by atoms with Gasteiger partial charge in [0.25, 0.3) is 0 Å². The van der Waals surface area contributed by atoms with Crippen LogP contribution in [-0.4, -0.2) is 84.4 Å². The van der Waals surface area contributed by atoms with Crippen molar-refractivity contribution in [2.45, 2.75) is 82.0 Å². The second kappa shape index (κ2) is 20.7. The first kappa shape index (κ1) is 36.9. The van der Waals surface area contributed by atoms with Crippen LogP contribution in [-0.2, 0) is 35.2 Å². The Kier molecular flexibility index (Phi) is 17.8. The van der Waals surface area contributed by atoms with Gasteiger partial charge in [-0.15, -0.1) is 0 Å². The molecule has 0 fully saturated rings. The van der Waals surface area contributed by atoms with Crippen molar-refractivity contribution in [1.29, 1.82) is 0 Å². The molecule has 240 valence electrons. The first-order chi connectivity index (χ1) is 20.5. The fourth-order valence-corrected chi connectivity index (χ4v) is 4.09. The number of benzene rings is 1. The molecule has 0 radical (unpaired) electrons. The van der Waals surface area contributed by atoms with E-state index in [2.05, 4.69) is 21.3 Å². The van der Waals surface area contributed by atoms with E-state index < -0.39 is 66.2 Å². The van der Waals surface area contributed by atoms with Crippen LogP contribution in [0.15, 0.2) is 30.3 Å². The summed E-state index contributed by atoms with van der Waals surface area (Å²) in [5.74, 6) is -4.78. The molecule has 0 aliphatic carbocycles. The molecule has 15 nitrogen and oxygen atoms in total. The average molecular weight is 607 g/mol. The number of unbranched alkanes of at least 4 members (excludes halogenated alkanes) is 2. The molecule has 15 heteroatoms. The Hall–Kier alpha value is -4.08. The van der Waals surface area contributed by atoms with Gasteiger partial charge in [0, 0.05) is 12.8 Å². The number of nitrogens with one attached hydrogen (secondary N) is 4. The van der Waals surface area contributed by atoms with Gasteiger partial charge in [-0.1, -0.05) is 36.8 Å². The summed E-state index contributed by atoms with van der Waals surface area (Å²) in [4.78, 5) is 74.3. The van der Waals surface area contributed by atoms with E-state index in [-0.39, 0.29) is 25.7 Å². The molecule has 0 spiro atoms. The Balaban J connectivity index is 2.89. The Morgan fingerprint density at radius 3 is 1.91 bits per heavy atom. The molecule has 0 bridgehead atoms. The Morgan fingerprint density at radius 1 is 0.721 bits per heavy atom. The van der Waals surface area contributed by atoms with Gasteiger partial charge in [-0.25, -0.2) is 4.79 Å². The average Bonchev–Trinajstić information content (AvgIpc) is 2.97. The highest BCUT2D eigenvalue weighted by molar-refractivity contribution is 5.94. The maximum absolute atomic E-state index is 13.1. The van der Waals surface area contributed by atoms with Crippen LogP contribution in [0.2, 0.25) is 0 Å². The highest BCUT2D eigenvalue weighted by Crippen LogP contribution is 2.06. The molecular weight excluding hydrogens is 560 g/mol. The smallest absolute Gasteiger partial charge is 0.326 e. The largest absolute Gasteiger partial charge is 0.480 e. The molecule has 13 N–H and O–H groups in total. The van der Waals surface area contributed by atoms with Crippen LogP contribution in [0.4, 0.5) is 0 Å². The van der Waals surface area contributed by atoms with E-state index in [9.17, 15) is 33.9 Å². The van der Waals surface area contributed by atoms with Crippen LogP contribution < -0.4 is 44.2 Å². The first-order valence-corrected chi connectivity index (χ1v) is 14.4. The van der Waals surface area contributed by atoms with Crippen LogP contribution >= 0.6 is 0 Å². The highest BCUT2D eigenvalue weighted by atomic mass is 16.4. The van der Waals surface area contributed by atoms with E-state index in [0.29, 0.717) is 45.2 Å². The SMILES string of the molecule is NCCCC[C@H](NC(=O)[C@H](CCC(N)=O)NC(=O)CNC(=O)[C@H](Cc1ccccc1)NC(=O)[C@@H](N)CCCCN)C(=O)O. The normalized spacial score (nSPS) is 13.6. The Bertz CT molecular complexity index is 1060. The minimum atomic E-state index is -1.29. The summed E-state index contributed by atoms with van der Waals surface area (Å²) in [6.45, 7) is 0.262. The van der Waals surface area contributed by atoms with Gasteiger partial charge < -0.3 is 49.3 Å². The molecule has 1 aromatic rings. The van der Waals surface area contributed by atoms with Gasteiger partial charge in [-0.2, -0.15) is 0 Å². The summed E-state index contributed by atoms with van der Waals surface area (Å²) in [6, 6.07) is 4.50. The Labute approximate surface area is 251 Å². The number of primary amides is 1. The Morgan fingerprint density at radius 2 is 1.33 bits per heavy atom. The van der Waals surface area contributed by atoms with Crippen molar-refractivity contribution in [2.75, 3.05) is 19.6 Å². The van der Waals surface area contributed by atoms with Gasteiger partial charge in [0.05, 0.1) is 12.6 Å². The summed E-state index contributed by atoms with van der Waals surface area (Å²) in [5, 5.41) is 19.3. The molecule has 1 rings (SSSR count). The van der Waals surface area contributed by atoms with Crippen molar-refractivity contribution in [3.05, 3.63) is 35.9 Å². The van der Waals surface area contributed by atoms with Crippen molar-refractivity contribution in [1.82, 2.24) is 21.3 Å². The number of carbonyl (C=O) groups is 6. The van der Waals surface area contributed by atoms with E-state index in [1.807, 2.05) is 0 Å². The minimum Gasteiger partial charge on any atom is -0.480 e. The van der Waals surface area contributed by atoms with Crippen molar-refractivity contribution in [2.24, 2.45) is 22.9 Å². The van der Waals surface area contributed by atoms with Crippen LogP contribution in [0, 0.1) is 0 Å². The molecule has 0 heterocycles. The number of carboxylic acids is 1. The molecule has 43 heavy (non-hydrogen) atoms. The fraction of sp³-hybridized carbons (Fsp3) is 0.571. The molecule has 4 atom stereocenters. The number of carboxylic acid groups (broad SMARTS) is 1. The number of hydrogen-bond donors (Lipinski definition) is 9. The topological polar surface area (TPSA) is 275 Å². The minimum absolute atomic E-state index is 0.121. The number of hydrogen-bond acceptors (Lipinski definition) is 9. The zero-order valence-corrected chi connectivity index (χ0v) is 24.4. The summed E-state index contributed by atoms with van der Waals surface area (Å²) < 4.78 is 0. The van der Waals surface area contributed by atoms with E-state index in [1.165, 1.54) is 0 Å². The lowest BCUT2D eigenvalue weighted by atomic mass is 10.0. The van der Waals surface area contributed by atoms with Crippen molar-refractivity contribution in [3.63, 3.8) is 0 Å². The molecule has 0 aromatic heterocycles. The van der Waals surface area contributed by atoms with Gasteiger partial charge in [-0.3, -0.25) is 24.0 Å². The molecule has 5 amide bonds. The summed E-state index contributed by atoms with van der Waals surface area (Å²) in [6.07, 6.45) is 2.55. The van der Waals surface area contributed by atoms with Crippen LogP contribution in [0.5, 0.6) is 0 Å². The predicted octanol–water partition coefficient (Wildman–Crippen LogP) is -2.26. The zero-order chi connectivity index (χ0) is 32.2. The van der Waals surface area contributed by atoms with E-state index in [0.717, 1.165) is 5.56 Å². The van der Waals surface area contributed by atoms with E-state index in [1.54, 1.807) is 30.3 Å². The van der Waals surface area contributed by atoms with Crippen molar-refractivity contribution < 1.29 is 33.9 Å². The molecule has 0 aliphatic rings. The maximum atomic E-state index is 13.1. The van der Waals surface area contributed by atoms with Crippen molar-refractivity contribution in [3.8, 4) is 0 Å². The van der Waals surface area contributed by atoms with Crippen molar-refractivity contribution >= 4 is 35.5 Å². The summed E-state index contributed by atoms with van der Waals surface area (Å²) >= 11 is 0. The molecule has 1 aromatic carbocycles. The third-order valence-electron chi connectivity index (χ3n) is 6.54. The van der Waals surface area contributed by atoms with Crippen LogP contribution in [0.3, 0.4) is 0 Å². The standard InChI is InChI=1S/C28H46N8O7/c29-14-6-4-10-19(31)25(39)36-22(16-18-8-2-1-3-9-18)26(40)33-17-24(38)34-20(12-13-23(32)37)27(41)35-21(28(42)43)11-5-7-15-30/h1-3,8-9,19-22H,4-7,10-17,29-31H2,(H2,32,37)(H,33,40)(H,34,38)(H,35,41)(H,36,39)(H,42,43)/t19-,20-,21-,22-/m0/s1. The van der Waals surface area contributed by atoms with Gasteiger partial charge in [-0.05, 0) is 57.2 Å². The van der Waals surface area contributed by atoms with E-state index in [4.69, 9.17) is 22.9 Å². The predicted molar refractivity (Wildman–Crippen MR) is 159 cm³/mol. The van der Waals surface area contributed by atoms with Crippen LogP contribution in [0.1, 0.15) is 56.9 Å². The zero-order valence-electron chi connectivity index (χ0n) is 24.4. The number of aliphatic carboxylic acids is 1. The van der Waals surface area contributed by atoms with E-state index >= 15 is 0 Å². The monoisotopic (exact) mass is 606 g/mol. The van der Waals surface area contributed by atoms with Crippen LogP contribution in [0.25, 0.3) is 0 Å². The summed E-state index contributed by atoms with van der Waals surface area (Å²) in [7, 11) is 0. The number of carbonyl (C=O) groups excluding carboxylic acids is 5. The third kappa shape index (κ3) is 15.6. The van der Waals surface area contributed by atoms with Gasteiger partial charge >= 0.3 is 5.97 Å². The second-order valence-corrected chi connectivity index (χ2v) is 10.2. The van der Waals surface area contributed by atoms with Gasteiger partial charge in [0.2, 0.25) is 29.5 Å². The number of rotatable bonds is 22. The quantitative estimate of drug-likeness (QED) is 0.0638. The molecular formula is C28H46N8O7. The second-order valence-electron chi connectivity index (χ2n) is 10.2. The lowest BCUT2D eigenvalue weighted by Gasteiger charge is -2.22. The van der Waals surface area contributed by atoms with Gasteiger partial charge in [0.1, 0.15) is 18.1 Å². The molecule has 0 unspecified atom stereocenters. The number of amides is 5. The molecule has 0 saturated heterocycles.